The molecule has 4 atom stereocenters. The number of ether oxygens (including phenoxy) is 4. The van der Waals surface area contributed by atoms with E-state index >= 15 is 0 Å². The van der Waals surface area contributed by atoms with Gasteiger partial charge in [-0.3, -0.25) is 24.5 Å². The fourth-order valence-electron chi connectivity index (χ4n) is 6.53. The van der Waals surface area contributed by atoms with Crippen LogP contribution in [0.15, 0.2) is 47.4 Å². The summed E-state index contributed by atoms with van der Waals surface area (Å²) in [6, 6.07) is 13.6. The van der Waals surface area contributed by atoms with Gasteiger partial charge in [-0.1, -0.05) is 65.5 Å². The summed E-state index contributed by atoms with van der Waals surface area (Å²) in [6.07, 6.45) is 2.78. The van der Waals surface area contributed by atoms with Crippen molar-refractivity contribution in [2.45, 2.75) is 135 Å². The van der Waals surface area contributed by atoms with E-state index in [1.165, 1.54) is 31.2 Å². The minimum Gasteiger partial charge on any atom is -0.466 e. The zero-order valence-electron chi connectivity index (χ0n) is 35.0. The topological polar surface area (TPSA) is 162 Å². The lowest BCUT2D eigenvalue weighted by molar-refractivity contribution is -0.184. The van der Waals surface area contributed by atoms with Crippen molar-refractivity contribution >= 4 is 53.0 Å². The van der Waals surface area contributed by atoms with Gasteiger partial charge >= 0.3 is 29.9 Å². The van der Waals surface area contributed by atoms with E-state index in [1.54, 1.807) is 6.07 Å². The maximum absolute atomic E-state index is 13.4. The van der Waals surface area contributed by atoms with E-state index in [9.17, 15) is 24.0 Å². The Kier molecular flexibility index (Phi) is 20.8. The van der Waals surface area contributed by atoms with Crippen molar-refractivity contribution in [1.29, 1.82) is 0 Å². The number of amides is 2. The number of benzene rings is 2. The number of anilines is 2. The third-order valence-electron chi connectivity index (χ3n) is 9.11. The van der Waals surface area contributed by atoms with Gasteiger partial charge in [0.15, 0.2) is 12.2 Å². The van der Waals surface area contributed by atoms with Gasteiger partial charge in [-0.2, -0.15) is 0 Å². The summed E-state index contributed by atoms with van der Waals surface area (Å²) in [6.45, 7) is 12.7. The second-order valence-corrected chi connectivity index (χ2v) is 14.9. The lowest BCUT2D eigenvalue weighted by Gasteiger charge is -2.37. The van der Waals surface area contributed by atoms with Crippen LogP contribution in [-0.4, -0.2) is 86.8 Å². The zero-order valence-corrected chi connectivity index (χ0v) is 35.8. The summed E-state index contributed by atoms with van der Waals surface area (Å²) >= 11 is 1.90. The molecule has 0 saturated carbocycles. The number of carbonyl (C=O) groups is 5. The number of carbonyl (C=O) groups excluding carboxylic acids is 5. The van der Waals surface area contributed by atoms with E-state index in [0.717, 1.165) is 62.5 Å². The second-order valence-electron chi connectivity index (χ2n) is 13.9. The van der Waals surface area contributed by atoms with Crippen molar-refractivity contribution in [3.05, 3.63) is 53.6 Å². The standard InChI is InChI=1S/C40H58N4O9S.C2H6/c1-9-11-19-40(20-12-10-2)25-54-36-17-16-32(44(7)8)23-33(36)37(43-40)30-14-13-15-31(22-30)42-39(49)41-24-35(52-28(5)47)38(53-29(6)48)34(51-27(4)46)18-21-50-26(3)45;1-2/h13-17,22-23,34-35,37-38,43H,9-12,18-21,24-25H2,1-8H3,(H2,41,42,49);1-2H3/t34?,35?,37-,38?;/m1./s1. The predicted octanol–water partition coefficient (Wildman–Crippen LogP) is 7.55. The third-order valence-corrected chi connectivity index (χ3v) is 10.5. The first-order chi connectivity index (χ1) is 26.7. The molecule has 2 aromatic rings. The number of hydrogen-bond acceptors (Lipinski definition) is 12. The highest BCUT2D eigenvalue weighted by Crippen LogP contribution is 2.43. The van der Waals surface area contributed by atoms with Crippen LogP contribution in [0.1, 0.15) is 118 Å². The van der Waals surface area contributed by atoms with Gasteiger partial charge in [0, 0.05) is 75.8 Å². The summed E-state index contributed by atoms with van der Waals surface area (Å²) in [5, 5.41) is 9.73. The maximum Gasteiger partial charge on any atom is 0.319 e. The molecule has 312 valence electrons. The summed E-state index contributed by atoms with van der Waals surface area (Å²) in [5.41, 5.74) is 3.74. The Labute approximate surface area is 337 Å². The molecule has 2 amide bonds. The number of esters is 4. The van der Waals surface area contributed by atoms with Crippen molar-refractivity contribution in [3.63, 3.8) is 0 Å². The molecule has 0 radical (unpaired) electrons. The number of fused-ring (bicyclic) bond motifs is 1. The lowest BCUT2D eigenvalue weighted by atomic mass is 9.86. The minimum absolute atomic E-state index is 0.0566. The number of hydrogen-bond donors (Lipinski definition) is 3. The molecule has 0 aliphatic carbocycles. The first-order valence-electron chi connectivity index (χ1n) is 19.7. The molecular weight excluding hydrogens is 737 g/mol. The van der Waals surface area contributed by atoms with Crippen LogP contribution in [0.4, 0.5) is 16.2 Å². The Morgan fingerprint density at radius 1 is 0.857 bits per heavy atom. The van der Waals surface area contributed by atoms with Crippen molar-refractivity contribution in [2.24, 2.45) is 0 Å². The highest BCUT2D eigenvalue weighted by molar-refractivity contribution is 7.99. The molecule has 14 heteroatoms. The molecule has 0 bridgehead atoms. The number of thioether (sulfide) groups is 1. The number of nitrogens with one attached hydrogen (secondary N) is 3. The van der Waals surface area contributed by atoms with E-state index in [0.29, 0.717) is 5.69 Å². The number of nitrogens with zero attached hydrogens (tertiary/aromatic N) is 1. The van der Waals surface area contributed by atoms with Crippen LogP contribution in [0, 0.1) is 0 Å². The van der Waals surface area contributed by atoms with Crippen LogP contribution in [0.2, 0.25) is 0 Å². The quantitative estimate of drug-likeness (QED) is 0.0947. The average Bonchev–Trinajstić information content (AvgIpc) is 3.31. The summed E-state index contributed by atoms with van der Waals surface area (Å²) < 4.78 is 21.4. The largest absolute Gasteiger partial charge is 0.466 e. The Bertz CT molecular complexity index is 1580. The van der Waals surface area contributed by atoms with Crippen molar-refractivity contribution in [2.75, 3.05) is 43.2 Å². The van der Waals surface area contributed by atoms with Crippen LogP contribution < -0.4 is 20.9 Å². The average molecular weight is 801 g/mol. The van der Waals surface area contributed by atoms with E-state index in [4.69, 9.17) is 18.9 Å². The molecule has 2 aromatic carbocycles. The van der Waals surface area contributed by atoms with Crippen LogP contribution in [0.5, 0.6) is 0 Å². The smallest absolute Gasteiger partial charge is 0.319 e. The molecule has 0 aromatic heterocycles. The number of urea groups is 1. The molecule has 0 saturated heterocycles. The Morgan fingerprint density at radius 2 is 1.48 bits per heavy atom. The van der Waals surface area contributed by atoms with Gasteiger partial charge < -0.3 is 34.5 Å². The molecule has 0 fully saturated rings. The highest BCUT2D eigenvalue weighted by atomic mass is 32.2. The number of rotatable bonds is 19. The van der Waals surface area contributed by atoms with Crippen LogP contribution >= 0.6 is 11.8 Å². The molecule has 1 aliphatic rings. The first kappa shape index (κ1) is 47.9. The van der Waals surface area contributed by atoms with E-state index in [1.807, 2.05) is 51.8 Å². The normalized spacial score (nSPS) is 15.9. The van der Waals surface area contributed by atoms with E-state index < -0.39 is 48.2 Å². The van der Waals surface area contributed by atoms with Gasteiger partial charge in [0.1, 0.15) is 6.10 Å². The van der Waals surface area contributed by atoms with Gasteiger partial charge in [-0.25, -0.2) is 4.79 Å². The summed E-state index contributed by atoms with van der Waals surface area (Å²) in [4.78, 5) is 64.4. The molecule has 0 spiro atoms. The minimum atomic E-state index is -1.32. The highest BCUT2D eigenvalue weighted by Gasteiger charge is 2.38. The summed E-state index contributed by atoms with van der Waals surface area (Å²) in [5.74, 6) is -1.74. The van der Waals surface area contributed by atoms with E-state index in [-0.39, 0.29) is 31.2 Å². The SMILES string of the molecule is CC.CCCCC1(CCCC)CSc2ccc(N(C)C)cc2[C@@H](c2cccc(NC(=O)NCC(OC(C)=O)C(OC(C)=O)C(CCOC(C)=O)OC(C)=O)c2)N1. The molecule has 56 heavy (non-hydrogen) atoms. The van der Waals surface area contributed by atoms with Gasteiger partial charge in [0.2, 0.25) is 0 Å². The second kappa shape index (κ2) is 24.4. The Balaban J connectivity index is 0.00000532. The van der Waals surface area contributed by atoms with Crippen LogP contribution in [-0.2, 0) is 38.1 Å². The van der Waals surface area contributed by atoms with Gasteiger partial charge in [0.05, 0.1) is 19.2 Å². The Morgan fingerprint density at radius 3 is 2.05 bits per heavy atom. The van der Waals surface area contributed by atoms with Crippen molar-refractivity contribution < 1.29 is 42.9 Å². The van der Waals surface area contributed by atoms with Crippen molar-refractivity contribution in [1.82, 2.24) is 10.6 Å². The van der Waals surface area contributed by atoms with E-state index in [2.05, 4.69) is 59.0 Å². The monoisotopic (exact) mass is 800 g/mol. The fraction of sp³-hybridized carbons (Fsp3) is 0.595. The maximum atomic E-state index is 13.4. The molecule has 13 nitrogen and oxygen atoms in total. The van der Waals surface area contributed by atoms with Gasteiger partial charge in [-0.05, 0) is 54.3 Å². The molecule has 3 rings (SSSR count). The predicted molar refractivity (Wildman–Crippen MR) is 221 cm³/mol. The number of unbranched alkanes of at least 4 members (excludes halogenated alkanes) is 2. The van der Waals surface area contributed by atoms with Crippen molar-refractivity contribution in [3.8, 4) is 0 Å². The van der Waals surface area contributed by atoms with Crippen LogP contribution in [0.3, 0.4) is 0 Å². The summed E-state index contributed by atoms with van der Waals surface area (Å²) in [7, 11) is 4.06. The lowest BCUT2D eigenvalue weighted by Crippen LogP contribution is -2.50. The Hall–Kier alpha value is -4.30. The molecule has 3 N–H and O–H groups in total. The molecule has 1 heterocycles. The molecule has 3 unspecified atom stereocenters. The molecule has 1 aliphatic heterocycles. The fourth-order valence-corrected chi connectivity index (χ4v) is 7.84. The van der Waals surface area contributed by atoms with Gasteiger partial charge in [-0.15, -0.1) is 11.8 Å². The first-order valence-corrected chi connectivity index (χ1v) is 20.7. The zero-order chi connectivity index (χ0) is 41.8. The third kappa shape index (κ3) is 15.7. The van der Waals surface area contributed by atoms with Crippen LogP contribution in [0.25, 0.3) is 0 Å². The molecular formula is C42H64N4O9S. The van der Waals surface area contributed by atoms with Gasteiger partial charge in [0.25, 0.3) is 0 Å².